The van der Waals surface area contributed by atoms with Gasteiger partial charge in [-0.15, -0.1) is 6.58 Å². The first-order valence-corrected chi connectivity index (χ1v) is 5.64. The molecule has 92 valence electrons. The van der Waals surface area contributed by atoms with Gasteiger partial charge < -0.3 is 4.74 Å². The molecule has 0 N–H and O–H groups in total. The van der Waals surface area contributed by atoms with E-state index in [-0.39, 0.29) is 17.4 Å². The molecule has 3 nitrogen and oxygen atoms in total. The van der Waals surface area contributed by atoms with Gasteiger partial charge in [-0.2, -0.15) is 0 Å². The number of ketones is 1. The maximum Gasteiger partial charge on any atom is 0.375 e. The zero-order valence-electron chi connectivity index (χ0n) is 10.9. The van der Waals surface area contributed by atoms with Crippen molar-refractivity contribution in [3.8, 4) is 0 Å². The summed E-state index contributed by atoms with van der Waals surface area (Å²) in [6.07, 6.45) is 2.05. The third kappa shape index (κ3) is 3.80. The Morgan fingerprint density at radius 2 is 1.88 bits per heavy atom. The Morgan fingerprint density at radius 3 is 2.19 bits per heavy atom. The average Bonchev–Trinajstić information content (AvgIpc) is 2.17. The molecule has 0 aliphatic carbocycles. The Bertz CT molecular complexity index is 277. The summed E-state index contributed by atoms with van der Waals surface area (Å²) in [5.74, 6) is -1.56. The molecule has 0 saturated heterocycles. The van der Waals surface area contributed by atoms with Gasteiger partial charge in [-0.05, 0) is 25.7 Å². The second-order valence-electron chi connectivity index (χ2n) is 4.80. The summed E-state index contributed by atoms with van der Waals surface area (Å²) in [5.41, 5.74) is -0.387. The lowest BCUT2D eigenvalue weighted by Crippen LogP contribution is -2.35. The van der Waals surface area contributed by atoms with Crippen molar-refractivity contribution in [2.75, 3.05) is 0 Å². The van der Waals surface area contributed by atoms with E-state index in [4.69, 9.17) is 4.74 Å². The molecular formula is C13H22O3. The van der Waals surface area contributed by atoms with Crippen molar-refractivity contribution < 1.29 is 14.3 Å². The van der Waals surface area contributed by atoms with E-state index in [0.29, 0.717) is 6.42 Å². The molecule has 0 aromatic rings. The second-order valence-corrected chi connectivity index (χ2v) is 4.80. The van der Waals surface area contributed by atoms with E-state index in [0.717, 1.165) is 0 Å². The first-order chi connectivity index (χ1) is 7.26. The molecule has 0 fully saturated rings. The van der Waals surface area contributed by atoms with Gasteiger partial charge in [-0.25, -0.2) is 4.79 Å². The van der Waals surface area contributed by atoms with Crippen LogP contribution >= 0.6 is 0 Å². The van der Waals surface area contributed by atoms with Gasteiger partial charge in [-0.1, -0.05) is 26.8 Å². The van der Waals surface area contributed by atoms with E-state index in [2.05, 4.69) is 6.58 Å². The van der Waals surface area contributed by atoms with Crippen LogP contribution in [0.1, 0.15) is 41.0 Å². The third-order valence-electron chi connectivity index (χ3n) is 2.69. The van der Waals surface area contributed by atoms with Gasteiger partial charge in [-0.3, -0.25) is 4.79 Å². The van der Waals surface area contributed by atoms with Crippen LogP contribution in [0.2, 0.25) is 0 Å². The van der Waals surface area contributed by atoms with Crippen LogP contribution in [0, 0.1) is 11.3 Å². The largest absolute Gasteiger partial charge is 0.457 e. The van der Waals surface area contributed by atoms with E-state index in [1.165, 1.54) is 0 Å². The smallest absolute Gasteiger partial charge is 0.375 e. The van der Waals surface area contributed by atoms with Crippen LogP contribution in [0.3, 0.4) is 0 Å². The molecule has 0 aliphatic heterocycles. The molecule has 0 aliphatic rings. The summed E-state index contributed by atoms with van der Waals surface area (Å²) in [4.78, 5) is 23.4. The number of allylic oxidation sites excluding steroid dienone is 1. The SMILES string of the molecule is C=CC(C)(C)[C@H](CC)C(=O)C(=O)OC(C)C. The molecule has 0 spiro atoms. The van der Waals surface area contributed by atoms with Crippen LogP contribution in [-0.2, 0) is 14.3 Å². The van der Waals surface area contributed by atoms with E-state index in [1.54, 1.807) is 19.9 Å². The minimum absolute atomic E-state index is 0.263. The molecule has 3 heteroatoms. The Morgan fingerprint density at radius 1 is 1.38 bits per heavy atom. The first-order valence-electron chi connectivity index (χ1n) is 5.64. The van der Waals surface area contributed by atoms with Gasteiger partial charge in [0.05, 0.1) is 6.10 Å². The van der Waals surface area contributed by atoms with Crippen molar-refractivity contribution in [2.24, 2.45) is 11.3 Å². The highest BCUT2D eigenvalue weighted by atomic mass is 16.5. The molecule has 0 amide bonds. The molecule has 0 bridgehead atoms. The van der Waals surface area contributed by atoms with E-state index >= 15 is 0 Å². The monoisotopic (exact) mass is 226 g/mol. The van der Waals surface area contributed by atoms with Crippen molar-refractivity contribution in [3.63, 3.8) is 0 Å². The number of carbonyl (C=O) groups excluding carboxylic acids is 2. The van der Waals surface area contributed by atoms with Gasteiger partial charge >= 0.3 is 5.97 Å². The molecule has 0 aromatic carbocycles. The lowest BCUT2D eigenvalue weighted by atomic mass is 9.75. The fraction of sp³-hybridized carbons (Fsp3) is 0.692. The van der Waals surface area contributed by atoms with Crippen molar-refractivity contribution in [3.05, 3.63) is 12.7 Å². The zero-order chi connectivity index (χ0) is 12.9. The quantitative estimate of drug-likeness (QED) is 0.397. The number of ether oxygens (including phenoxy) is 1. The lowest BCUT2D eigenvalue weighted by Gasteiger charge is -2.28. The Labute approximate surface area is 97.9 Å². The highest BCUT2D eigenvalue weighted by Gasteiger charge is 2.35. The summed E-state index contributed by atoms with van der Waals surface area (Å²) in [6.45, 7) is 12.8. The number of carbonyl (C=O) groups is 2. The van der Waals surface area contributed by atoms with Crippen LogP contribution in [0.25, 0.3) is 0 Å². The summed E-state index contributed by atoms with van der Waals surface area (Å²) < 4.78 is 4.91. The maximum absolute atomic E-state index is 11.9. The minimum Gasteiger partial charge on any atom is -0.457 e. The van der Waals surface area contributed by atoms with Crippen molar-refractivity contribution in [1.82, 2.24) is 0 Å². The van der Waals surface area contributed by atoms with E-state index in [1.807, 2.05) is 20.8 Å². The van der Waals surface area contributed by atoms with E-state index in [9.17, 15) is 9.59 Å². The molecule has 1 atom stereocenters. The predicted molar refractivity (Wildman–Crippen MR) is 64.0 cm³/mol. The summed E-state index contributed by atoms with van der Waals surface area (Å²) in [5, 5.41) is 0. The van der Waals surface area contributed by atoms with Crippen molar-refractivity contribution >= 4 is 11.8 Å². The standard InChI is InChI=1S/C13H22O3/c1-7-10(13(5,6)8-2)11(14)12(15)16-9(3)4/h8-10H,2,7H2,1,3-6H3/t10-/m1/s1. The molecule has 0 rings (SSSR count). The highest BCUT2D eigenvalue weighted by molar-refractivity contribution is 6.34. The Balaban J connectivity index is 4.79. The number of hydrogen-bond acceptors (Lipinski definition) is 3. The number of esters is 1. The number of Topliss-reactive ketones (excluding diaryl/α,β-unsaturated/α-hetero) is 1. The third-order valence-corrected chi connectivity index (χ3v) is 2.69. The number of rotatable bonds is 6. The van der Waals surface area contributed by atoms with E-state index < -0.39 is 11.8 Å². The maximum atomic E-state index is 11.9. The van der Waals surface area contributed by atoms with Crippen molar-refractivity contribution in [2.45, 2.75) is 47.1 Å². The van der Waals surface area contributed by atoms with Crippen LogP contribution in [0.15, 0.2) is 12.7 Å². The molecule has 0 aromatic heterocycles. The number of hydrogen-bond donors (Lipinski definition) is 0. The lowest BCUT2D eigenvalue weighted by molar-refractivity contribution is -0.159. The minimum atomic E-state index is -0.739. The van der Waals surface area contributed by atoms with Crippen LogP contribution in [0.5, 0.6) is 0 Å². The predicted octanol–water partition coefficient (Wildman–Crippen LogP) is 2.75. The molecule has 0 unspecified atom stereocenters. The first kappa shape index (κ1) is 14.9. The summed E-state index contributed by atoms with van der Waals surface area (Å²) in [7, 11) is 0. The summed E-state index contributed by atoms with van der Waals surface area (Å²) in [6, 6.07) is 0. The Kier molecular flexibility index (Phi) is 5.42. The molecule has 0 radical (unpaired) electrons. The van der Waals surface area contributed by atoms with Gasteiger partial charge in [0, 0.05) is 5.92 Å². The normalized spacial score (nSPS) is 13.4. The van der Waals surface area contributed by atoms with Crippen LogP contribution in [0.4, 0.5) is 0 Å². The molecule has 16 heavy (non-hydrogen) atoms. The average molecular weight is 226 g/mol. The zero-order valence-corrected chi connectivity index (χ0v) is 10.9. The van der Waals surface area contributed by atoms with Gasteiger partial charge in [0.15, 0.2) is 0 Å². The summed E-state index contributed by atoms with van der Waals surface area (Å²) >= 11 is 0. The van der Waals surface area contributed by atoms with Crippen LogP contribution < -0.4 is 0 Å². The molecule has 0 saturated carbocycles. The van der Waals surface area contributed by atoms with Gasteiger partial charge in [0.1, 0.15) is 0 Å². The molecular weight excluding hydrogens is 204 g/mol. The fourth-order valence-electron chi connectivity index (χ4n) is 1.61. The van der Waals surface area contributed by atoms with Gasteiger partial charge in [0.25, 0.3) is 0 Å². The topological polar surface area (TPSA) is 43.4 Å². The highest BCUT2D eigenvalue weighted by Crippen LogP contribution is 2.31. The van der Waals surface area contributed by atoms with Crippen LogP contribution in [-0.4, -0.2) is 17.9 Å². The fourth-order valence-corrected chi connectivity index (χ4v) is 1.61. The molecule has 0 heterocycles. The van der Waals surface area contributed by atoms with Crippen molar-refractivity contribution in [1.29, 1.82) is 0 Å². The second kappa shape index (κ2) is 5.83. The van der Waals surface area contributed by atoms with Gasteiger partial charge in [0.2, 0.25) is 5.78 Å². The Hall–Kier alpha value is -1.12.